The lowest BCUT2D eigenvalue weighted by Gasteiger charge is -2.28. The average Bonchev–Trinajstić information content (AvgIpc) is 2.04. The molecule has 0 amide bonds. The summed E-state index contributed by atoms with van der Waals surface area (Å²) in [5.74, 6) is 0.523. The molecule has 3 heteroatoms. The molecule has 1 aliphatic carbocycles. The van der Waals surface area contributed by atoms with Gasteiger partial charge in [0.1, 0.15) is 0 Å². The van der Waals surface area contributed by atoms with Gasteiger partial charge in [-0.25, -0.2) is 0 Å². The monoisotopic (exact) mass is 175 g/mol. The minimum absolute atomic E-state index is 0.383. The van der Waals surface area contributed by atoms with E-state index in [9.17, 15) is 4.21 Å². The standard InChI is InChI=1S/C8H17NOS/c1-11(10)8-5-3-2-4-7(8)6-9/h7-8H,2-6,9H2,1H3. The molecule has 66 valence electrons. The Morgan fingerprint density at radius 2 is 2.09 bits per heavy atom. The quantitative estimate of drug-likeness (QED) is 0.677. The van der Waals surface area contributed by atoms with Crippen LogP contribution in [0.15, 0.2) is 0 Å². The van der Waals surface area contributed by atoms with Gasteiger partial charge < -0.3 is 5.73 Å². The Bertz CT molecular complexity index is 149. The van der Waals surface area contributed by atoms with Crippen molar-refractivity contribution < 1.29 is 4.21 Å². The van der Waals surface area contributed by atoms with Crippen molar-refractivity contribution in [3.05, 3.63) is 0 Å². The molecule has 0 spiro atoms. The topological polar surface area (TPSA) is 43.1 Å². The predicted molar refractivity (Wildman–Crippen MR) is 48.9 cm³/mol. The fourth-order valence-corrected chi connectivity index (χ4v) is 3.17. The summed E-state index contributed by atoms with van der Waals surface area (Å²) in [5.41, 5.74) is 5.60. The Kier molecular flexibility index (Phi) is 3.52. The minimum atomic E-state index is -0.662. The Balaban J connectivity index is 2.51. The predicted octanol–water partition coefficient (Wildman–Crippen LogP) is 0.882. The van der Waals surface area contributed by atoms with E-state index in [1.165, 1.54) is 19.3 Å². The van der Waals surface area contributed by atoms with E-state index in [4.69, 9.17) is 5.73 Å². The molecular formula is C8H17NOS. The third-order valence-electron chi connectivity index (χ3n) is 2.57. The second-order valence-corrected chi connectivity index (χ2v) is 4.92. The van der Waals surface area contributed by atoms with Crippen molar-refractivity contribution in [2.45, 2.75) is 30.9 Å². The lowest BCUT2D eigenvalue weighted by atomic mass is 9.89. The van der Waals surface area contributed by atoms with E-state index in [2.05, 4.69) is 0 Å². The van der Waals surface area contributed by atoms with Gasteiger partial charge in [0, 0.05) is 22.3 Å². The van der Waals surface area contributed by atoms with E-state index in [0.29, 0.717) is 17.7 Å². The summed E-state index contributed by atoms with van der Waals surface area (Å²) in [4.78, 5) is 0. The molecule has 1 aliphatic rings. The maximum atomic E-state index is 11.2. The van der Waals surface area contributed by atoms with Crippen LogP contribution in [-0.4, -0.2) is 22.3 Å². The highest BCUT2D eigenvalue weighted by molar-refractivity contribution is 7.84. The zero-order chi connectivity index (χ0) is 8.27. The molecule has 1 fully saturated rings. The fourth-order valence-electron chi connectivity index (χ4n) is 1.88. The van der Waals surface area contributed by atoms with E-state index >= 15 is 0 Å². The normalized spacial score (nSPS) is 35.1. The van der Waals surface area contributed by atoms with Crippen LogP contribution in [0.25, 0.3) is 0 Å². The number of nitrogens with two attached hydrogens (primary N) is 1. The van der Waals surface area contributed by atoms with Gasteiger partial charge in [0.05, 0.1) is 0 Å². The van der Waals surface area contributed by atoms with Gasteiger partial charge in [0.15, 0.2) is 0 Å². The first-order chi connectivity index (χ1) is 5.25. The molecule has 2 nitrogen and oxygen atoms in total. The lowest BCUT2D eigenvalue weighted by Crippen LogP contribution is -2.33. The molecule has 1 rings (SSSR count). The van der Waals surface area contributed by atoms with Crippen molar-refractivity contribution in [2.24, 2.45) is 11.7 Å². The SMILES string of the molecule is CS(=O)C1CCCCC1CN. The van der Waals surface area contributed by atoms with Gasteiger partial charge in [-0.1, -0.05) is 12.8 Å². The molecule has 0 heterocycles. The van der Waals surface area contributed by atoms with E-state index in [-0.39, 0.29) is 0 Å². The summed E-state index contributed by atoms with van der Waals surface area (Å²) in [5, 5.41) is 0.383. The molecule has 0 radical (unpaired) electrons. The second kappa shape index (κ2) is 4.21. The molecule has 1 saturated carbocycles. The van der Waals surface area contributed by atoms with Gasteiger partial charge >= 0.3 is 0 Å². The van der Waals surface area contributed by atoms with Gasteiger partial charge in [0.25, 0.3) is 0 Å². The highest BCUT2D eigenvalue weighted by atomic mass is 32.2. The third kappa shape index (κ3) is 2.27. The van der Waals surface area contributed by atoms with Crippen LogP contribution in [0.1, 0.15) is 25.7 Å². The average molecular weight is 175 g/mol. The first-order valence-electron chi connectivity index (χ1n) is 4.28. The highest BCUT2D eigenvalue weighted by Gasteiger charge is 2.26. The van der Waals surface area contributed by atoms with Crippen LogP contribution in [0.5, 0.6) is 0 Å². The molecule has 3 unspecified atom stereocenters. The Morgan fingerprint density at radius 1 is 1.45 bits per heavy atom. The van der Waals surface area contributed by atoms with Crippen molar-refractivity contribution >= 4 is 10.8 Å². The summed E-state index contributed by atoms with van der Waals surface area (Å²) in [6.07, 6.45) is 6.61. The summed E-state index contributed by atoms with van der Waals surface area (Å²) < 4.78 is 11.2. The number of hydrogen-bond donors (Lipinski definition) is 1. The van der Waals surface area contributed by atoms with Crippen LogP contribution < -0.4 is 5.73 Å². The summed E-state index contributed by atoms with van der Waals surface area (Å²) in [6.45, 7) is 0.713. The van der Waals surface area contributed by atoms with Crippen LogP contribution in [0.3, 0.4) is 0 Å². The van der Waals surface area contributed by atoms with E-state index in [1.807, 2.05) is 0 Å². The van der Waals surface area contributed by atoms with E-state index in [1.54, 1.807) is 6.26 Å². The van der Waals surface area contributed by atoms with Gasteiger partial charge in [0.2, 0.25) is 0 Å². The van der Waals surface area contributed by atoms with E-state index in [0.717, 1.165) is 6.42 Å². The molecule has 0 bridgehead atoms. The molecule has 2 N–H and O–H groups in total. The van der Waals surface area contributed by atoms with Gasteiger partial charge in [-0.15, -0.1) is 0 Å². The lowest BCUT2D eigenvalue weighted by molar-refractivity contribution is 0.372. The first-order valence-corrected chi connectivity index (χ1v) is 5.90. The maximum absolute atomic E-state index is 11.2. The van der Waals surface area contributed by atoms with Gasteiger partial charge in [-0.2, -0.15) is 0 Å². The molecule has 0 aromatic carbocycles. The van der Waals surface area contributed by atoms with Crippen LogP contribution in [0, 0.1) is 5.92 Å². The Labute approximate surface area is 71.0 Å². The van der Waals surface area contributed by atoms with Crippen LogP contribution in [0.4, 0.5) is 0 Å². The van der Waals surface area contributed by atoms with Crippen LogP contribution in [-0.2, 0) is 10.8 Å². The zero-order valence-corrected chi connectivity index (χ0v) is 7.90. The Morgan fingerprint density at radius 3 is 2.55 bits per heavy atom. The van der Waals surface area contributed by atoms with Gasteiger partial charge in [-0.3, -0.25) is 4.21 Å². The number of hydrogen-bond acceptors (Lipinski definition) is 2. The van der Waals surface area contributed by atoms with Crippen molar-refractivity contribution in [3.8, 4) is 0 Å². The number of rotatable bonds is 2. The summed E-state index contributed by atoms with van der Waals surface area (Å²) in [6, 6.07) is 0. The van der Waals surface area contributed by atoms with Crippen molar-refractivity contribution in [3.63, 3.8) is 0 Å². The van der Waals surface area contributed by atoms with Crippen molar-refractivity contribution in [2.75, 3.05) is 12.8 Å². The smallest absolute Gasteiger partial charge is 0.0385 e. The van der Waals surface area contributed by atoms with E-state index < -0.39 is 10.8 Å². The van der Waals surface area contributed by atoms with Crippen LogP contribution >= 0.6 is 0 Å². The van der Waals surface area contributed by atoms with Gasteiger partial charge in [-0.05, 0) is 25.3 Å². The van der Waals surface area contributed by atoms with Crippen LogP contribution in [0.2, 0.25) is 0 Å². The molecule has 0 aliphatic heterocycles. The molecule has 3 atom stereocenters. The minimum Gasteiger partial charge on any atom is -0.330 e. The zero-order valence-electron chi connectivity index (χ0n) is 7.08. The highest BCUT2D eigenvalue weighted by Crippen LogP contribution is 2.26. The molecule has 11 heavy (non-hydrogen) atoms. The molecule has 0 saturated heterocycles. The first kappa shape index (κ1) is 9.20. The summed E-state index contributed by atoms with van der Waals surface area (Å²) >= 11 is 0. The second-order valence-electron chi connectivity index (χ2n) is 3.32. The molecular weight excluding hydrogens is 158 g/mol. The van der Waals surface area contributed by atoms with Crippen molar-refractivity contribution in [1.82, 2.24) is 0 Å². The Hall–Kier alpha value is 0.110. The summed E-state index contributed by atoms with van der Waals surface area (Å²) in [7, 11) is -0.662. The third-order valence-corrected chi connectivity index (χ3v) is 4.04. The fraction of sp³-hybridized carbons (Fsp3) is 1.00. The largest absolute Gasteiger partial charge is 0.330 e. The van der Waals surface area contributed by atoms with Crippen molar-refractivity contribution in [1.29, 1.82) is 0 Å². The maximum Gasteiger partial charge on any atom is 0.0385 e. The molecule has 0 aromatic rings. The molecule has 0 aromatic heterocycles.